The van der Waals surface area contributed by atoms with Crippen molar-refractivity contribution in [2.75, 3.05) is 0 Å². The second-order valence-electron chi connectivity index (χ2n) is 4.29. The molecule has 0 atom stereocenters. The number of halogens is 1. The van der Waals surface area contributed by atoms with E-state index in [1.807, 2.05) is 12.1 Å². The van der Waals surface area contributed by atoms with E-state index in [0.29, 0.717) is 24.3 Å². The third kappa shape index (κ3) is 3.53. The largest absolute Gasteiger partial charge is 0.299 e. The van der Waals surface area contributed by atoms with Crippen LogP contribution in [0.5, 0.6) is 0 Å². The van der Waals surface area contributed by atoms with Crippen LogP contribution in [0, 0.1) is 0 Å². The number of ketones is 2. The number of allylic oxidation sites excluding steroid dienone is 2. The van der Waals surface area contributed by atoms with Crippen LogP contribution in [-0.4, -0.2) is 11.6 Å². The van der Waals surface area contributed by atoms with Gasteiger partial charge in [-0.2, -0.15) is 0 Å². The van der Waals surface area contributed by atoms with Crippen molar-refractivity contribution in [3.63, 3.8) is 0 Å². The lowest BCUT2D eigenvalue weighted by molar-refractivity contribution is -0.117. The predicted molar refractivity (Wildman–Crippen MR) is 67.1 cm³/mol. The molecule has 3 heteroatoms. The number of carbonyl (C=O) groups is 2. The highest BCUT2D eigenvalue weighted by molar-refractivity contribution is 6.30. The van der Waals surface area contributed by atoms with Gasteiger partial charge >= 0.3 is 0 Å². The second-order valence-corrected chi connectivity index (χ2v) is 4.73. The minimum absolute atomic E-state index is 0.133. The lowest BCUT2D eigenvalue weighted by Crippen LogP contribution is -2.03. The Hall–Kier alpha value is -1.41. The first kappa shape index (κ1) is 12.1. The third-order valence-corrected chi connectivity index (χ3v) is 3.01. The molecule has 17 heavy (non-hydrogen) atoms. The lowest BCUT2D eigenvalue weighted by Gasteiger charge is -2.02. The van der Waals surface area contributed by atoms with Crippen LogP contribution in [0.4, 0.5) is 0 Å². The van der Waals surface area contributed by atoms with Gasteiger partial charge in [0.1, 0.15) is 5.78 Å². The molecule has 0 spiro atoms. The van der Waals surface area contributed by atoms with Crippen molar-refractivity contribution in [2.24, 2.45) is 0 Å². The molecule has 0 N–H and O–H groups in total. The zero-order valence-electron chi connectivity index (χ0n) is 9.41. The zero-order valence-corrected chi connectivity index (χ0v) is 10.2. The second kappa shape index (κ2) is 5.28. The van der Waals surface area contributed by atoms with Crippen LogP contribution >= 0.6 is 11.6 Å². The van der Waals surface area contributed by atoms with E-state index in [0.717, 1.165) is 17.6 Å². The monoisotopic (exact) mass is 248 g/mol. The highest BCUT2D eigenvalue weighted by atomic mass is 35.5. The fourth-order valence-electron chi connectivity index (χ4n) is 1.99. The summed E-state index contributed by atoms with van der Waals surface area (Å²) in [6, 6.07) is 7.31. The normalized spacial score (nSPS) is 14.9. The molecule has 1 aliphatic rings. The van der Waals surface area contributed by atoms with Crippen LogP contribution < -0.4 is 0 Å². The maximum atomic E-state index is 11.8. The van der Waals surface area contributed by atoms with Gasteiger partial charge in [0.05, 0.1) is 0 Å². The molecule has 0 aliphatic heterocycles. The SMILES string of the molecule is O=C1C=C(CC(=O)Cc2cccc(Cl)c2)CC1. The van der Waals surface area contributed by atoms with E-state index in [4.69, 9.17) is 11.6 Å². The van der Waals surface area contributed by atoms with Gasteiger partial charge in [-0.25, -0.2) is 0 Å². The fraction of sp³-hybridized carbons (Fsp3) is 0.286. The molecule has 0 saturated carbocycles. The van der Waals surface area contributed by atoms with Crippen LogP contribution in [-0.2, 0) is 16.0 Å². The molecule has 0 fully saturated rings. The number of carbonyl (C=O) groups excluding carboxylic acids is 2. The highest BCUT2D eigenvalue weighted by Crippen LogP contribution is 2.19. The molecule has 0 heterocycles. The third-order valence-electron chi connectivity index (χ3n) is 2.77. The molecule has 2 nitrogen and oxygen atoms in total. The first-order valence-corrected chi connectivity index (χ1v) is 6.00. The molecular weight excluding hydrogens is 236 g/mol. The quantitative estimate of drug-likeness (QED) is 0.820. The summed E-state index contributed by atoms with van der Waals surface area (Å²) in [6.07, 6.45) is 3.67. The number of hydrogen-bond acceptors (Lipinski definition) is 2. The topological polar surface area (TPSA) is 34.1 Å². The van der Waals surface area contributed by atoms with E-state index in [-0.39, 0.29) is 11.6 Å². The van der Waals surface area contributed by atoms with E-state index >= 15 is 0 Å². The first-order valence-electron chi connectivity index (χ1n) is 5.62. The van der Waals surface area contributed by atoms with Gasteiger partial charge in [-0.3, -0.25) is 9.59 Å². The minimum Gasteiger partial charge on any atom is -0.299 e. The van der Waals surface area contributed by atoms with E-state index < -0.39 is 0 Å². The summed E-state index contributed by atoms with van der Waals surface area (Å²) in [5.41, 5.74) is 1.88. The Morgan fingerprint density at radius 1 is 1.24 bits per heavy atom. The summed E-state index contributed by atoms with van der Waals surface area (Å²) in [6.45, 7) is 0. The molecule has 1 aromatic rings. The number of rotatable bonds is 4. The van der Waals surface area contributed by atoms with Gasteiger partial charge in [0.25, 0.3) is 0 Å². The van der Waals surface area contributed by atoms with Crippen molar-refractivity contribution in [1.29, 1.82) is 0 Å². The summed E-state index contributed by atoms with van der Waals surface area (Å²) >= 11 is 5.85. The number of Topliss-reactive ketones (excluding diaryl/α,β-unsaturated/α-hetero) is 1. The van der Waals surface area contributed by atoms with E-state index in [9.17, 15) is 9.59 Å². The Bertz CT molecular complexity index is 489. The van der Waals surface area contributed by atoms with Crippen LogP contribution in [0.2, 0.25) is 5.02 Å². The van der Waals surface area contributed by atoms with Crippen molar-refractivity contribution < 1.29 is 9.59 Å². The summed E-state index contributed by atoms with van der Waals surface area (Å²) < 4.78 is 0. The van der Waals surface area contributed by atoms with E-state index in [1.54, 1.807) is 18.2 Å². The number of hydrogen-bond donors (Lipinski definition) is 0. The molecule has 1 aromatic carbocycles. The van der Waals surface area contributed by atoms with Gasteiger partial charge < -0.3 is 0 Å². The molecule has 88 valence electrons. The molecule has 0 unspecified atom stereocenters. The zero-order chi connectivity index (χ0) is 12.3. The van der Waals surface area contributed by atoms with E-state index in [1.165, 1.54) is 0 Å². The van der Waals surface area contributed by atoms with Gasteiger partial charge in [-0.15, -0.1) is 0 Å². The maximum absolute atomic E-state index is 11.8. The Morgan fingerprint density at radius 3 is 2.71 bits per heavy atom. The van der Waals surface area contributed by atoms with Gasteiger partial charge in [-0.05, 0) is 30.2 Å². The van der Waals surface area contributed by atoms with Gasteiger partial charge in [0.15, 0.2) is 5.78 Å². The van der Waals surface area contributed by atoms with Gasteiger partial charge in [0, 0.05) is 24.3 Å². The average Bonchev–Trinajstić information content (AvgIpc) is 2.63. The van der Waals surface area contributed by atoms with Crippen LogP contribution in [0.3, 0.4) is 0 Å². The number of benzene rings is 1. The van der Waals surface area contributed by atoms with Crippen molar-refractivity contribution in [3.05, 3.63) is 46.5 Å². The summed E-state index contributed by atoms with van der Waals surface area (Å²) in [5.74, 6) is 0.267. The summed E-state index contributed by atoms with van der Waals surface area (Å²) in [4.78, 5) is 22.8. The van der Waals surface area contributed by atoms with Crippen LogP contribution in [0.25, 0.3) is 0 Å². The van der Waals surface area contributed by atoms with Crippen molar-refractivity contribution >= 4 is 23.2 Å². The molecule has 0 amide bonds. The molecule has 0 radical (unpaired) electrons. The highest BCUT2D eigenvalue weighted by Gasteiger charge is 2.15. The smallest absolute Gasteiger partial charge is 0.155 e. The van der Waals surface area contributed by atoms with Crippen LogP contribution in [0.15, 0.2) is 35.9 Å². The minimum atomic E-state index is 0.133. The predicted octanol–water partition coefficient (Wildman–Crippen LogP) is 3.13. The van der Waals surface area contributed by atoms with Crippen molar-refractivity contribution in [2.45, 2.75) is 25.7 Å². The maximum Gasteiger partial charge on any atom is 0.155 e. The standard InChI is InChI=1S/C14H13ClO2/c15-12-3-1-2-10(6-12)8-14(17)9-11-4-5-13(16)7-11/h1-3,6-7H,4-5,8-9H2. The molecular formula is C14H13ClO2. The average molecular weight is 249 g/mol. The molecule has 1 aliphatic carbocycles. The lowest BCUT2D eigenvalue weighted by atomic mass is 10.0. The van der Waals surface area contributed by atoms with Gasteiger partial charge in [-0.1, -0.05) is 29.3 Å². The Labute approximate surface area is 105 Å². The van der Waals surface area contributed by atoms with Gasteiger partial charge in [0.2, 0.25) is 0 Å². The summed E-state index contributed by atoms with van der Waals surface area (Å²) in [5, 5.41) is 0.644. The molecule has 2 rings (SSSR count). The summed E-state index contributed by atoms with van der Waals surface area (Å²) in [7, 11) is 0. The van der Waals surface area contributed by atoms with Crippen molar-refractivity contribution in [1.82, 2.24) is 0 Å². The Kier molecular flexibility index (Phi) is 3.75. The van der Waals surface area contributed by atoms with Crippen LogP contribution in [0.1, 0.15) is 24.8 Å². The molecule has 0 bridgehead atoms. The molecule has 0 saturated heterocycles. The Morgan fingerprint density at radius 2 is 2.06 bits per heavy atom. The Balaban J connectivity index is 1.94. The van der Waals surface area contributed by atoms with E-state index in [2.05, 4.69) is 0 Å². The van der Waals surface area contributed by atoms with Crippen molar-refractivity contribution in [3.8, 4) is 0 Å². The fourth-order valence-corrected chi connectivity index (χ4v) is 2.20. The molecule has 0 aromatic heterocycles. The first-order chi connectivity index (χ1) is 8.13.